The molecule has 0 saturated heterocycles. The lowest BCUT2D eigenvalue weighted by Gasteiger charge is -2.30. The molecule has 0 fully saturated rings. The van der Waals surface area contributed by atoms with Crippen molar-refractivity contribution in [1.29, 1.82) is 0 Å². The van der Waals surface area contributed by atoms with Gasteiger partial charge in [0.05, 0.1) is 0 Å². The highest BCUT2D eigenvalue weighted by molar-refractivity contribution is 7.28. The van der Waals surface area contributed by atoms with Crippen molar-refractivity contribution in [3.63, 3.8) is 0 Å². The first kappa shape index (κ1) is 17.3. The van der Waals surface area contributed by atoms with Gasteiger partial charge in [-0.2, -0.15) is 0 Å². The molecule has 3 atom stereocenters. The molecule has 2 aliphatic carbocycles. The van der Waals surface area contributed by atoms with E-state index in [2.05, 4.69) is 58.3 Å². The number of benzene rings is 2. The van der Waals surface area contributed by atoms with Gasteiger partial charge in [-0.3, -0.25) is 0 Å². The van der Waals surface area contributed by atoms with Gasteiger partial charge in [0, 0.05) is 16.0 Å². The topological polar surface area (TPSA) is 40.5 Å². The third-order valence-electron chi connectivity index (χ3n) is 6.31. The van der Waals surface area contributed by atoms with E-state index in [1.807, 2.05) is 12.1 Å². The average Bonchev–Trinajstić information content (AvgIpc) is 2.82. The molecule has 0 amide bonds. The summed E-state index contributed by atoms with van der Waals surface area (Å²) in [4.78, 5) is 0. The summed E-state index contributed by atoms with van der Waals surface area (Å²) in [6.07, 6.45) is 2.02. The molecule has 0 aromatic heterocycles. The van der Waals surface area contributed by atoms with E-state index in [4.69, 9.17) is 0 Å². The summed E-state index contributed by atoms with van der Waals surface area (Å²) in [5.74, 6) is 0.687. The Morgan fingerprint density at radius 1 is 0.680 bits per heavy atom. The third-order valence-corrected chi connectivity index (χ3v) is 7.24. The molecule has 2 aromatic rings. The van der Waals surface area contributed by atoms with Gasteiger partial charge in [0.2, 0.25) is 0 Å². The molecule has 2 N–H and O–H groups in total. The molecule has 4 rings (SSSR count). The van der Waals surface area contributed by atoms with Gasteiger partial charge in [0.1, 0.15) is 11.5 Å². The summed E-state index contributed by atoms with van der Waals surface area (Å²) >= 11 is 0. The molecular formula is C21H26O2P2. The average molecular weight is 372 g/mol. The first-order valence-corrected chi connectivity index (χ1v) is 9.90. The van der Waals surface area contributed by atoms with E-state index >= 15 is 0 Å². The maximum atomic E-state index is 10.4. The molecule has 1 spiro atoms. The van der Waals surface area contributed by atoms with Gasteiger partial charge in [0.15, 0.2) is 0 Å². The summed E-state index contributed by atoms with van der Waals surface area (Å²) in [6.45, 7) is 9.12. The lowest BCUT2D eigenvalue weighted by atomic mass is 9.72. The molecule has 4 heteroatoms. The van der Waals surface area contributed by atoms with Gasteiger partial charge >= 0.3 is 0 Å². The number of phenols is 2. The highest BCUT2D eigenvalue weighted by atomic mass is 31.0. The minimum atomic E-state index is -0.105. The molecule has 0 bridgehead atoms. The Balaban J connectivity index is 2.07. The second kappa shape index (κ2) is 4.99. The second-order valence-corrected chi connectivity index (χ2v) is 10.4. The third kappa shape index (κ3) is 2.23. The molecule has 2 aromatic carbocycles. The Labute approximate surface area is 154 Å². The van der Waals surface area contributed by atoms with E-state index < -0.39 is 0 Å². The van der Waals surface area contributed by atoms with Gasteiger partial charge in [-0.25, -0.2) is 0 Å². The van der Waals surface area contributed by atoms with Crippen molar-refractivity contribution in [2.24, 2.45) is 0 Å². The van der Waals surface area contributed by atoms with Gasteiger partial charge in [-0.1, -0.05) is 27.7 Å². The van der Waals surface area contributed by atoms with E-state index in [9.17, 15) is 10.2 Å². The maximum Gasteiger partial charge on any atom is 0.123 e. The first-order valence-electron chi connectivity index (χ1n) is 8.75. The van der Waals surface area contributed by atoms with Crippen LogP contribution in [0.3, 0.4) is 0 Å². The zero-order valence-electron chi connectivity index (χ0n) is 15.3. The minimum absolute atomic E-state index is 0.0157. The number of rotatable bonds is 0. The van der Waals surface area contributed by atoms with Crippen LogP contribution in [0.25, 0.3) is 0 Å². The van der Waals surface area contributed by atoms with Crippen molar-refractivity contribution in [2.75, 3.05) is 0 Å². The second-order valence-electron chi connectivity index (χ2n) is 9.12. The zero-order valence-corrected chi connectivity index (χ0v) is 17.6. The van der Waals surface area contributed by atoms with Crippen molar-refractivity contribution in [2.45, 2.75) is 56.8 Å². The van der Waals surface area contributed by atoms with Crippen LogP contribution < -0.4 is 10.6 Å². The summed E-state index contributed by atoms with van der Waals surface area (Å²) in [5, 5.41) is 22.4. The first-order chi connectivity index (χ1) is 11.5. The van der Waals surface area contributed by atoms with E-state index in [0.29, 0.717) is 11.5 Å². The molecular weight excluding hydrogens is 346 g/mol. The fourth-order valence-electron chi connectivity index (χ4n) is 5.41. The van der Waals surface area contributed by atoms with E-state index in [1.54, 1.807) is 0 Å². The molecule has 2 aliphatic rings. The van der Waals surface area contributed by atoms with Crippen LogP contribution in [0.5, 0.6) is 11.5 Å². The Bertz CT molecular complexity index is 837. The molecule has 25 heavy (non-hydrogen) atoms. The van der Waals surface area contributed by atoms with Crippen LogP contribution in [-0.2, 0) is 16.2 Å². The molecule has 0 aliphatic heterocycles. The van der Waals surface area contributed by atoms with E-state index in [0.717, 1.165) is 23.5 Å². The molecule has 2 nitrogen and oxygen atoms in total. The number of hydrogen-bond donors (Lipinski definition) is 2. The van der Waals surface area contributed by atoms with E-state index in [-0.39, 0.29) is 16.2 Å². The summed E-state index contributed by atoms with van der Waals surface area (Å²) in [6, 6.07) is 8.20. The summed E-state index contributed by atoms with van der Waals surface area (Å²) < 4.78 is 0. The molecule has 132 valence electrons. The van der Waals surface area contributed by atoms with Crippen molar-refractivity contribution in [1.82, 2.24) is 0 Å². The van der Waals surface area contributed by atoms with Gasteiger partial charge in [-0.05, 0) is 70.2 Å². The Hall–Kier alpha value is -1.10. The van der Waals surface area contributed by atoms with Crippen LogP contribution in [0.4, 0.5) is 0 Å². The van der Waals surface area contributed by atoms with Crippen LogP contribution in [0.1, 0.15) is 62.8 Å². The normalized spacial score (nSPS) is 25.2. The smallest absolute Gasteiger partial charge is 0.123 e. The summed E-state index contributed by atoms with van der Waals surface area (Å²) in [7, 11) is 5.30. The van der Waals surface area contributed by atoms with Crippen molar-refractivity contribution >= 4 is 29.1 Å². The van der Waals surface area contributed by atoms with Crippen LogP contribution in [0.2, 0.25) is 0 Å². The zero-order chi connectivity index (χ0) is 18.4. The van der Waals surface area contributed by atoms with Crippen LogP contribution in [0.15, 0.2) is 24.3 Å². The fourth-order valence-corrected chi connectivity index (χ4v) is 5.91. The lowest BCUT2D eigenvalue weighted by molar-refractivity contribution is 0.349. The molecule has 3 unspecified atom stereocenters. The fraction of sp³-hybridized carbons (Fsp3) is 0.429. The predicted octanol–water partition coefficient (Wildman–Crippen LogP) is 3.75. The van der Waals surface area contributed by atoms with Crippen molar-refractivity contribution in [3.05, 3.63) is 46.5 Å². The predicted molar refractivity (Wildman–Crippen MR) is 111 cm³/mol. The SMILES string of the molecule is CC1(C)CC2(CC(C)(C)c3cc(O)c(P)cc32)c2cc(O)c(P)cc21. The van der Waals surface area contributed by atoms with Crippen LogP contribution >= 0.6 is 18.5 Å². The van der Waals surface area contributed by atoms with Gasteiger partial charge in [0.25, 0.3) is 0 Å². The number of phenolic OH excluding ortho intramolecular Hbond substituents is 2. The van der Waals surface area contributed by atoms with Gasteiger partial charge in [-0.15, -0.1) is 18.5 Å². The highest BCUT2D eigenvalue weighted by Crippen LogP contribution is 2.63. The number of aromatic hydroxyl groups is 2. The highest BCUT2D eigenvalue weighted by Gasteiger charge is 2.56. The van der Waals surface area contributed by atoms with Crippen LogP contribution in [0, 0.1) is 0 Å². The molecule has 0 heterocycles. The minimum Gasteiger partial charge on any atom is -0.507 e. The van der Waals surface area contributed by atoms with Gasteiger partial charge < -0.3 is 10.2 Å². The van der Waals surface area contributed by atoms with Crippen molar-refractivity contribution < 1.29 is 10.2 Å². The maximum absolute atomic E-state index is 10.4. The monoisotopic (exact) mass is 372 g/mol. The largest absolute Gasteiger partial charge is 0.507 e. The number of fused-ring (bicyclic) bond motifs is 4. The molecule has 0 radical (unpaired) electrons. The van der Waals surface area contributed by atoms with E-state index in [1.165, 1.54) is 22.3 Å². The van der Waals surface area contributed by atoms with Crippen LogP contribution in [-0.4, -0.2) is 10.2 Å². The lowest BCUT2D eigenvalue weighted by Crippen LogP contribution is -2.27. The molecule has 0 saturated carbocycles. The standard InChI is InChI=1S/C21H26O2P2/c1-19(2)9-21(14-8-18(25)15(22)5-11(14)19)10-20(3,4)12-7-17(24)16(23)6-13(12)21/h5-8,22-23H,9-10,24-25H2,1-4H3. The summed E-state index contributed by atoms with van der Waals surface area (Å²) in [5.41, 5.74) is 5.05. The Morgan fingerprint density at radius 2 is 1.04 bits per heavy atom. The number of hydrogen-bond acceptors (Lipinski definition) is 2. The van der Waals surface area contributed by atoms with Crippen molar-refractivity contribution in [3.8, 4) is 11.5 Å². The Morgan fingerprint density at radius 3 is 1.56 bits per heavy atom. The quantitative estimate of drug-likeness (QED) is 0.692. The Kier molecular flexibility index (Phi) is 3.46.